The fourth-order valence-corrected chi connectivity index (χ4v) is 0.816. The van der Waals surface area contributed by atoms with Gasteiger partial charge in [0.2, 0.25) is 0 Å². The molecule has 0 aromatic heterocycles. The Bertz CT molecular complexity index is 259. The second-order valence-electron chi connectivity index (χ2n) is 2.87. The Kier molecular flexibility index (Phi) is 4.62. The van der Waals surface area contributed by atoms with Crippen molar-refractivity contribution in [1.82, 2.24) is 0 Å². The molecule has 0 aliphatic carbocycles. The Morgan fingerprint density at radius 3 is 2.69 bits per heavy atom. The topological polar surface area (TPSA) is 50.1 Å². The predicted octanol–water partition coefficient (Wildman–Crippen LogP) is 1.49. The number of terminal acetylenes is 1. The highest BCUT2D eigenvalue weighted by Gasteiger charge is 2.34. The summed E-state index contributed by atoms with van der Waals surface area (Å²) in [6.07, 6.45) is 5.80. The smallest absolute Gasteiger partial charge is 0.326 e. The molecule has 0 aliphatic rings. The van der Waals surface area contributed by atoms with Crippen LogP contribution < -0.4 is 0 Å². The molecule has 0 fully saturated rings. The second kappa shape index (κ2) is 5.22. The monoisotopic (exact) mass is 179 g/mol. The summed E-state index contributed by atoms with van der Waals surface area (Å²) in [5, 5.41) is 8.79. The zero-order chi connectivity index (χ0) is 10.3. The zero-order valence-corrected chi connectivity index (χ0v) is 7.96. The number of hydrogen-bond acceptors (Lipinski definition) is 3. The molecule has 0 rings (SSSR count). The Balaban J connectivity index is 4.38. The van der Waals surface area contributed by atoms with Gasteiger partial charge < -0.3 is 4.74 Å². The van der Waals surface area contributed by atoms with Gasteiger partial charge in [0.05, 0.1) is 12.7 Å². The SMILES string of the molecule is C#CCCC(C)(C#N)C(=O)OCC. The van der Waals surface area contributed by atoms with Crippen LogP contribution >= 0.6 is 0 Å². The van der Waals surface area contributed by atoms with E-state index in [0.29, 0.717) is 12.8 Å². The molecule has 0 heterocycles. The maximum Gasteiger partial charge on any atom is 0.326 e. The number of ether oxygens (including phenoxy) is 1. The minimum Gasteiger partial charge on any atom is -0.465 e. The molecule has 0 N–H and O–H groups in total. The van der Waals surface area contributed by atoms with E-state index in [2.05, 4.69) is 5.92 Å². The molecule has 13 heavy (non-hydrogen) atoms. The van der Waals surface area contributed by atoms with Crippen LogP contribution in [0, 0.1) is 29.1 Å². The van der Waals surface area contributed by atoms with Crippen LogP contribution in [0.3, 0.4) is 0 Å². The molecule has 1 unspecified atom stereocenters. The standard InChI is InChI=1S/C10H13NO2/c1-4-6-7-10(3,8-11)9(12)13-5-2/h1H,5-7H2,2-3H3. The summed E-state index contributed by atoms with van der Waals surface area (Å²) < 4.78 is 4.76. The summed E-state index contributed by atoms with van der Waals surface area (Å²) in [5.41, 5.74) is -1.09. The van der Waals surface area contributed by atoms with Gasteiger partial charge in [-0.15, -0.1) is 12.3 Å². The molecule has 0 saturated heterocycles. The summed E-state index contributed by atoms with van der Waals surface area (Å²) in [6, 6.07) is 1.93. The van der Waals surface area contributed by atoms with Crippen molar-refractivity contribution in [2.75, 3.05) is 6.61 Å². The molecule has 0 aromatic rings. The van der Waals surface area contributed by atoms with Crippen LogP contribution in [0.1, 0.15) is 26.7 Å². The lowest BCUT2D eigenvalue weighted by Gasteiger charge is -2.17. The predicted molar refractivity (Wildman–Crippen MR) is 48.4 cm³/mol. The molecule has 0 bridgehead atoms. The number of nitrogens with zero attached hydrogens (tertiary/aromatic N) is 1. The minimum absolute atomic E-state index is 0.284. The molecule has 0 aliphatic heterocycles. The third kappa shape index (κ3) is 3.17. The highest BCUT2D eigenvalue weighted by molar-refractivity contribution is 5.79. The summed E-state index contributed by atoms with van der Waals surface area (Å²) in [4.78, 5) is 11.3. The van der Waals surface area contributed by atoms with Gasteiger partial charge in [0.25, 0.3) is 0 Å². The highest BCUT2D eigenvalue weighted by atomic mass is 16.5. The van der Waals surface area contributed by atoms with Gasteiger partial charge in [-0.1, -0.05) is 0 Å². The lowest BCUT2D eigenvalue weighted by molar-refractivity contribution is -0.151. The van der Waals surface area contributed by atoms with Crippen LogP contribution in [0.5, 0.6) is 0 Å². The van der Waals surface area contributed by atoms with Crippen LogP contribution in [0.2, 0.25) is 0 Å². The minimum atomic E-state index is -1.09. The molecular formula is C10H13NO2. The van der Waals surface area contributed by atoms with E-state index in [1.165, 1.54) is 0 Å². The number of carbonyl (C=O) groups is 1. The van der Waals surface area contributed by atoms with Gasteiger partial charge in [0.1, 0.15) is 0 Å². The van der Waals surface area contributed by atoms with Crippen molar-refractivity contribution in [3.05, 3.63) is 0 Å². The Hall–Kier alpha value is -1.48. The van der Waals surface area contributed by atoms with Crippen molar-refractivity contribution in [3.63, 3.8) is 0 Å². The molecule has 0 aromatic carbocycles. The molecular weight excluding hydrogens is 166 g/mol. The van der Waals surface area contributed by atoms with Crippen LogP contribution in [0.15, 0.2) is 0 Å². The molecule has 0 saturated carbocycles. The third-order valence-electron chi connectivity index (χ3n) is 1.74. The molecule has 0 radical (unpaired) electrons. The van der Waals surface area contributed by atoms with Crippen LogP contribution in [0.25, 0.3) is 0 Å². The summed E-state index contributed by atoms with van der Waals surface area (Å²) in [5.74, 6) is 1.90. The first-order chi connectivity index (χ1) is 6.10. The van der Waals surface area contributed by atoms with Gasteiger partial charge in [0.15, 0.2) is 5.41 Å². The molecule has 3 nitrogen and oxygen atoms in total. The molecule has 0 spiro atoms. The lowest BCUT2D eigenvalue weighted by Crippen LogP contribution is -2.28. The maximum absolute atomic E-state index is 11.3. The van der Waals surface area contributed by atoms with E-state index >= 15 is 0 Å². The second-order valence-corrected chi connectivity index (χ2v) is 2.87. The number of nitriles is 1. The number of hydrogen-bond donors (Lipinski definition) is 0. The fraction of sp³-hybridized carbons (Fsp3) is 0.600. The van der Waals surface area contributed by atoms with Crippen molar-refractivity contribution in [1.29, 1.82) is 5.26 Å². The van der Waals surface area contributed by atoms with Crippen LogP contribution in [0.4, 0.5) is 0 Å². The van der Waals surface area contributed by atoms with Gasteiger partial charge in [-0.05, 0) is 20.3 Å². The summed E-state index contributed by atoms with van der Waals surface area (Å²) in [6.45, 7) is 3.53. The van der Waals surface area contributed by atoms with Gasteiger partial charge in [-0.25, -0.2) is 0 Å². The van der Waals surface area contributed by atoms with E-state index < -0.39 is 11.4 Å². The highest BCUT2D eigenvalue weighted by Crippen LogP contribution is 2.23. The van der Waals surface area contributed by atoms with E-state index in [0.717, 1.165) is 0 Å². The average Bonchev–Trinajstić information content (AvgIpc) is 2.14. The Morgan fingerprint density at radius 1 is 1.69 bits per heavy atom. The normalized spacial score (nSPS) is 13.5. The van der Waals surface area contributed by atoms with E-state index in [1.807, 2.05) is 6.07 Å². The first-order valence-corrected chi connectivity index (χ1v) is 4.12. The summed E-state index contributed by atoms with van der Waals surface area (Å²) in [7, 11) is 0. The van der Waals surface area contributed by atoms with Gasteiger partial charge in [0, 0.05) is 6.42 Å². The molecule has 0 amide bonds. The molecule has 70 valence electrons. The molecule has 3 heteroatoms. The number of rotatable bonds is 4. The van der Waals surface area contributed by atoms with Crippen molar-refractivity contribution in [2.45, 2.75) is 26.7 Å². The van der Waals surface area contributed by atoms with Gasteiger partial charge in [-0.3, -0.25) is 4.79 Å². The van der Waals surface area contributed by atoms with Crippen molar-refractivity contribution in [2.24, 2.45) is 5.41 Å². The Morgan fingerprint density at radius 2 is 2.31 bits per heavy atom. The molecule has 1 atom stereocenters. The largest absolute Gasteiger partial charge is 0.465 e. The van der Waals surface area contributed by atoms with Crippen molar-refractivity contribution < 1.29 is 9.53 Å². The Labute approximate surface area is 78.7 Å². The van der Waals surface area contributed by atoms with Crippen molar-refractivity contribution >= 4 is 5.97 Å². The maximum atomic E-state index is 11.3. The number of esters is 1. The number of carbonyl (C=O) groups excluding carboxylic acids is 1. The third-order valence-corrected chi connectivity index (χ3v) is 1.74. The first-order valence-electron chi connectivity index (χ1n) is 4.12. The average molecular weight is 179 g/mol. The fourth-order valence-electron chi connectivity index (χ4n) is 0.816. The summed E-state index contributed by atoms with van der Waals surface area (Å²) >= 11 is 0. The van der Waals surface area contributed by atoms with Crippen molar-refractivity contribution in [3.8, 4) is 18.4 Å². The van der Waals surface area contributed by atoms with E-state index in [1.54, 1.807) is 13.8 Å². The van der Waals surface area contributed by atoms with E-state index in [4.69, 9.17) is 16.4 Å². The van der Waals surface area contributed by atoms with Crippen LogP contribution in [-0.2, 0) is 9.53 Å². The lowest BCUT2D eigenvalue weighted by atomic mass is 9.87. The quantitative estimate of drug-likeness (QED) is 0.485. The van der Waals surface area contributed by atoms with E-state index in [-0.39, 0.29) is 6.61 Å². The zero-order valence-electron chi connectivity index (χ0n) is 7.96. The van der Waals surface area contributed by atoms with E-state index in [9.17, 15) is 4.79 Å². The van der Waals surface area contributed by atoms with Crippen LogP contribution in [-0.4, -0.2) is 12.6 Å². The first kappa shape index (κ1) is 11.5. The van der Waals surface area contributed by atoms with Gasteiger partial charge in [-0.2, -0.15) is 5.26 Å². The van der Waals surface area contributed by atoms with Gasteiger partial charge >= 0.3 is 5.97 Å².